The van der Waals surface area contributed by atoms with Crippen LogP contribution in [0.25, 0.3) is 0 Å². The van der Waals surface area contributed by atoms with Crippen LogP contribution in [0.5, 0.6) is 5.75 Å². The van der Waals surface area contributed by atoms with E-state index in [1.165, 1.54) is 11.1 Å². The van der Waals surface area contributed by atoms with Crippen molar-refractivity contribution in [3.63, 3.8) is 0 Å². The lowest BCUT2D eigenvalue weighted by Crippen LogP contribution is -2.12. The molecule has 1 unspecified atom stereocenters. The number of methoxy groups -OCH3 is 1. The van der Waals surface area contributed by atoms with Gasteiger partial charge in [-0.3, -0.25) is 0 Å². The Labute approximate surface area is 134 Å². The van der Waals surface area contributed by atoms with Crippen LogP contribution in [-0.4, -0.2) is 7.11 Å². The first-order chi connectivity index (χ1) is 10.4. The third-order valence-corrected chi connectivity index (χ3v) is 4.11. The zero-order chi connectivity index (χ0) is 16.2. The summed E-state index contributed by atoms with van der Waals surface area (Å²) in [4.78, 5) is 0. The van der Waals surface area contributed by atoms with E-state index in [1.54, 1.807) is 7.11 Å². The summed E-state index contributed by atoms with van der Waals surface area (Å²) in [7, 11) is 1.68. The first-order valence-corrected chi connectivity index (χ1v) is 7.89. The minimum Gasteiger partial charge on any atom is -0.497 e. The average molecular weight is 297 g/mol. The van der Waals surface area contributed by atoms with Gasteiger partial charge in [0.15, 0.2) is 0 Å². The van der Waals surface area contributed by atoms with Crippen molar-refractivity contribution in [2.75, 3.05) is 7.11 Å². The summed E-state index contributed by atoms with van der Waals surface area (Å²) in [5, 5.41) is 0. The van der Waals surface area contributed by atoms with E-state index in [4.69, 9.17) is 10.5 Å². The molecule has 0 amide bonds. The maximum Gasteiger partial charge on any atom is 0.118 e. The monoisotopic (exact) mass is 297 g/mol. The van der Waals surface area contributed by atoms with Gasteiger partial charge < -0.3 is 10.5 Å². The Balaban J connectivity index is 1.94. The quantitative estimate of drug-likeness (QED) is 0.873. The average Bonchev–Trinajstić information content (AvgIpc) is 2.52. The number of aryl methyl sites for hydroxylation is 1. The fraction of sp³-hybridized carbons (Fsp3) is 0.400. The van der Waals surface area contributed by atoms with E-state index >= 15 is 0 Å². The van der Waals surface area contributed by atoms with Crippen molar-refractivity contribution in [3.05, 3.63) is 65.2 Å². The van der Waals surface area contributed by atoms with Crippen LogP contribution in [0.2, 0.25) is 0 Å². The molecule has 0 aromatic heterocycles. The summed E-state index contributed by atoms with van der Waals surface area (Å²) >= 11 is 0. The van der Waals surface area contributed by atoms with E-state index < -0.39 is 0 Å². The van der Waals surface area contributed by atoms with Crippen LogP contribution in [0.15, 0.2) is 48.5 Å². The van der Waals surface area contributed by atoms with Crippen LogP contribution in [0.1, 0.15) is 49.9 Å². The van der Waals surface area contributed by atoms with Crippen molar-refractivity contribution in [2.45, 2.75) is 45.1 Å². The molecule has 0 heterocycles. The normalized spacial score (nSPS) is 13.0. The molecule has 2 aromatic carbocycles. The van der Waals surface area contributed by atoms with Crippen molar-refractivity contribution >= 4 is 0 Å². The van der Waals surface area contributed by atoms with Gasteiger partial charge >= 0.3 is 0 Å². The van der Waals surface area contributed by atoms with Crippen LogP contribution in [0.4, 0.5) is 0 Å². The molecule has 0 aliphatic rings. The Kier molecular flexibility index (Phi) is 5.25. The Morgan fingerprint density at radius 1 is 0.955 bits per heavy atom. The Bertz CT molecular complexity index is 579. The third kappa shape index (κ3) is 4.35. The molecular weight excluding hydrogens is 270 g/mol. The molecule has 0 aliphatic heterocycles. The van der Waals surface area contributed by atoms with E-state index in [1.807, 2.05) is 24.3 Å². The highest BCUT2D eigenvalue weighted by Gasteiger charge is 2.13. The van der Waals surface area contributed by atoms with Gasteiger partial charge in [-0.05, 0) is 47.1 Å². The van der Waals surface area contributed by atoms with Crippen LogP contribution in [0, 0.1) is 0 Å². The van der Waals surface area contributed by atoms with Crippen molar-refractivity contribution in [2.24, 2.45) is 5.73 Å². The molecule has 118 valence electrons. The summed E-state index contributed by atoms with van der Waals surface area (Å²) in [6, 6.07) is 17.0. The van der Waals surface area contributed by atoms with Gasteiger partial charge in [-0.2, -0.15) is 0 Å². The predicted molar refractivity (Wildman–Crippen MR) is 93.4 cm³/mol. The minimum atomic E-state index is 0.0631. The van der Waals surface area contributed by atoms with Gasteiger partial charge in [-0.25, -0.2) is 0 Å². The number of hydrogen-bond acceptors (Lipinski definition) is 2. The Hall–Kier alpha value is -1.80. The van der Waals surface area contributed by atoms with E-state index in [0.717, 1.165) is 24.2 Å². The molecular formula is C20H27NO. The van der Waals surface area contributed by atoms with Gasteiger partial charge in [0, 0.05) is 6.04 Å². The topological polar surface area (TPSA) is 35.2 Å². The van der Waals surface area contributed by atoms with Crippen LogP contribution < -0.4 is 10.5 Å². The molecule has 2 N–H and O–H groups in total. The molecule has 0 saturated heterocycles. The summed E-state index contributed by atoms with van der Waals surface area (Å²) in [5.74, 6) is 0.869. The molecule has 0 saturated carbocycles. The summed E-state index contributed by atoms with van der Waals surface area (Å²) < 4.78 is 5.18. The van der Waals surface area contributed by atoms with Crippen LogP contribution >= 0.6 is 0 Å². The van der Waals surface area contributed by atoms with E-state index in [0.29, 0.717) is 0 Å². The van der Waals surface area contributed by atoms with Crippen molar-refractivity contribution in [3.8, 4) is 5.75 Å². The number of ether oxygens (including phenoxy) is 1. The zero-order valence-electron chi connectivity index (χ0n) is 14.1. The molecule has 0 radical (unpaired) electrons. The first kappa shape index (κ1) is 16.6. The first-order valence-electron chi connectivity index (χ1n) is 7.89. The van der Waals surface area contributed by atoms with Gasteiger partial charge in [0.25, 0.3) is 0 Å². The summed E-state index contributed by atoms with van der Waals surface area (Å²) in [6.07, 6.45) is 1.94. The van der Waals surface area contributed by atoms with Crippen molar-refractivity contribution in [1.29, 1.82) is 0 Å². The van der Waals surface area contributed by atoms with E-state index in [9.17, 15) is 0 Å². The second-order valence-corrected chi connectivity index (χ2v) is 6.87. The molecule has 2 nitrogen and oxygen atoms in total. The fourth-order valence-electron chi connectivity index (χ4n) is 2.51. The molecule has 2 aromatic rings. The number of hydrogen-bond donors (Lipinski definition) is 1. The number of rotatable bonds is 5. The summed E-state index contributed by atoms with van der Waals surface area (Å²) in [5.41, 5.74) is 10.4. The van der Waals surface area contributed by atoms with E-state index in [-0.39, 0.29) is 11.5 Å². The highest BCUT2D eigenvalue weighted by molar-refractivity contribution is 5.30. The van der Waals surface area contributed by atoms with Crippen molar-refractivity contribution in [1.82, 2.24) is 0 Å². The largest absolute Gasteiger partial charge is 0.497 e. The van der Waals surface area contributed by atoms with Crippen molar-refractivity contribution < 1.29 is 4.74 Å². The second kappa shape index (κ2) is 6.97. The maximum atomic E-state index is 6.29. The lowest BCUT2D eigenvalue weighted by atomic mass is 9.86. The predicted octanol–water partition coefficient (Wildman–Crippen LogP) is 4.63. The molecule has 0 fully saturated rings. The van der Waals surface area contributed by atoms with Crippen LogP contribution in [-0.2, 0) is 11.8 Å². The van der Waals surface area contributed by atoms with Gasteiger partial charge in [0.2, 0.25) is 0 Å². The maximum absolute atomic E-state index is 6.29. The molecule has 2 rings (SSSR count). The lowest BCUT2D eigenvalue weighted by Gasteiger charge is -2.19. The molecule has 0 bridgehead atoms. The second-order valence-electron chi connectivity index (χ2n) is 6.87. The lowest BCUT2D eigenvalue weighted by molar-refractivity contribution is 0.414. The van der Waals surface area contributed by atoms with Gasteiger partial charge in [0.05, 0.1) is 7.11 Å². The van der Waals surface area contributed by atoms with E-state index in [2.05, 4.69) is 45.0 Å². The Morgan fingerprint density at radius 2 is 1.55 bits per heavy atom. The summed E-state index contributed by atoms with van der Waals surface area (Å²) in [6.45, 7) is 6.71. The van der Waals surface area contributed by atoms with Crippen LogP contribution in [0.3, 0.4) is 0 Å². The highest BCUT2D eigenvalue weighted by atomic mass is 16.5. The fourth-order valence-corrected chi connectivity index (χ4v) is 2.51. The molecule has 2 heteroatoms. The molecule has 1 atom stereocenters. The third-order valence-electron chi connectivity index (χ3n) is 4.11. The smallest absolute Gasteiger partial charge is 0.118 e. The standard InChI is InChI=1S/C20H27NO/c1-20(2,3)17-10-5-15(6-11-17)7-14-19(21)16-8-12-18(22-4)13-9-16/h5-6,8-13,19H,7,14,21H2,1-4H3. The highest BCUT2D eigenvalue weighted by Crippen LogP contribution is 2.24. The minimum absolute atomic E-state index is 0.0631. The number of benzene rings is 2. The molecule has 0 aliphatic carbocycles. The molecule has 22 heavy (non-hydrogen) atoms. The zero-order valence-corrected chi connectivity index (χ0v) is 14.1. The van der Waals surface area contributed by atoms with Gasteiger partial charge in [-0.15, -0.1) is 0 Å². The van der Waals surface area contributed by atoms with Gasteiger partial charge in [0.1, 0.15) is 5.75 Å². The molecule has 0 spiro atoms. The van der Waals surface area contributed by atoms with Gasteiger partial charge in [-0.1, -0.05) is 57.2 Å². The SMILES string of the molecule is COc1ccc(C(N)CCc2ccc(C(C)(C)C)cc2)cc1. The Morgan fingerprint density at radius 3 is 2.05 bits per heavy atom. The number of nitrogens with two attached hydrogens (primary N) is 1.